The molecule has 2 aromatic carbocycles. The normalized spacial score (nSPS) is 10.2. The molecule has 0 unspecified atom stereocenters. The Morgan fingerprint density at radius 3 is 2.54 bits per heavy atom. The minimum absolute atomic E-state index is 0.206. The molecule has 0 aliphatic rings. The van der Waals surface area contributed by atoms with Gasteiger partial charge in [0.25, 0.3) is 5.91 Å². The molecule has 3 rings (SSSR count). The van der Waals surface area contributed by atoms with E-state index in [1.807, 2.05) is 0 Å². The molecular weight excluding hydrogens is 332 g/mol. The summed E-state index contributed by atoms with van der Waals surface area (Å²) >= 11 is 0. The van der Waals surface area contributed by atoms with Crippen LogP contribution in [0.15, 0.2) is 42.6 Å². The molecule has 0 spiro atoms. The summed E-state index contributed by atoms with van der Waals surface area (Å²) in [6, 6.07) is 12.5. The Hall–Kier alpha value is -3.79. The second-order valence-electron chi connectivity index (χ2n) is 5.42. The lowest BCUT2D eigenvalue weighted by Gasteiger charge is -2.16. The summed E-state index contributed by atoms with van der Waals surface area (Å²) in [6.07, 6.45) is 1.40. The number of fused-ring (bicyclic) bond motifs is 1. The first-order chi connectivity index (χ1) is 12.6. The fraction of sp³-hybridized carbons (Fsp3) is 0.105. The number of primary amides is 1. The van der Waals surface area contributed by atoms with Crippen LogP contribution in [-0.4, -0.2) is 25.1 Å². The van der Waals surface area contributed by atoms with Crippen LogP contribution < -0.4 is 20.5 Å². The summed E-state index contributed by atoms with van der Waals surface area (Å²) < 4.78 is 10.6. The van der Waals surface area contributed by atoms with Gasteiger partial charge in [0, 0.05) is 17.6 Å². The lowest BCUT2D eigenvalue weighted by molar-refractivity contribution is 0.100. The summed E-state index contributed by atoms with van der Waals surface area (Å²) in [4.78, 5) is 16.2. The quantitative estimate of drug-likeness (QED) is 0.733. The van der Waals surface area contributed by atoms with Crippen LogP contribution >= 0.6 is 0 Å². The lowest BCUT2D eigenvalue weighted by atomic mass is 10.1. The molecule has 0 radical (unpaired) electrons. The number of para-hydroxylation sites is 1. The molecule has 0 saturated heterocycles. The van der Waals surface area contributed by atoms with Crippen LogP contribution in [-0.2, 0) is 0 Å². The van der Waals surface area contributed by atoms with Gasteiger partial charge in [0.2, 0.25) is 0 Å². The third-order valence-corrected chi connectivity index (χ3v) is 3.95. The minimum Gasteiger partial charge on any atom is -0.493 e. The van der Waals surface area contributed by atoms with Gasteiger partial charge in [-0.05, 0) is 18.2 Å². The van der Waals surface area contributed by atoms with Gasteiger partial charge in [-0.1, -0.05) is 12.1 Å². The second kappa shape index (κ2) is 6.99. The highest BCUT2D eigenvalue weighted by molar-refractivity contribution is 6.08. The Bertz CT molecular complexity index is 1040. The number of benzene rings is 2. The zero-order chi connectivity index (χ0) is 18.7. The van der Waals surface area contributed by atoms with Gasteiger partial charge < -0.3 is 20.5 Å². The number of hydrogen-bond acceptors (Lipinski definition) is 6. The van der Waals surface area contributed by atoms with Gasteiger partial charge in [-0.3, -0.25) is 9.78 Å². The van der Waals surface area contributed by atoms with Crippen LogP contribution in [0.5, 0.6) is 11.5 Å². The monoisotopic (exact) mass is 348 g/mol. The number of hydrogen-bond donors (Lipinski definition) is 2. The number of methoxy groups -OCH3 is 2. The number of amides is 1. The zero-order valence-electron chi connectivity index (χ0n) is 14.2. The second-order valence-corrected chi connectivity index (χ2v) is 5.42. The highest BCUT2D eigenvalue weighted by Crippen LogP contribution is 2.37. The first kappa shape index (κ1) is 17.0. The van der Waals surface area contributed by atoms with Gasteiger partial charge in [-0.25, -0.2) is 0 Å². The molecule has 3 aromatic rings. The Morgan fingerprint density at radius 1 is 1.19 bits per heavy atom. The van der Waals surface area contributed by atoms with Gasteiger partial charge in [0.05, 0.1) is 42.2 Å². The van der Waals surface area contributed by atoms with Crippen LogP contribution in [0.4, 0.5) is 11.4 Å². The largest absolute Gasteiger partial charge is 0.493 e. The van der Waals surface area contributed by atoms with Crippen LogP contribution in [0.3, 0.4) is 0 Å². The molecule has 26 heavy (non-hydrogen) atoms. The highest BCUT2D eigenvalue weighted by atomic mass is 16.5. The first-order valence-electron chi connectivity index (χ1n) is 7.69. The average molecular weight is 348 g/mol. The van der Waals surface area contributed by atoms with E-state index >= 15 is 0 Å². The summed E-state index contributed by atoms with van der Waals surface area (Å²) in [5.74, 6) is 0.369. The molecule has 1 aromatic heterocycles. The van der Waals surface area contributed by atoms with Gasteiger partial charge in [-0.15, -0.1) is 0 Å². The number of rotatable bonds is 5. The highest BCUT2D eigenvalue weighted by Gasteiger charge is 2.17. The summed E-state index contributed by atoms with van der Waals surface area (Å²) in [5.41, 5.74) is 7.75. The van der Waals surface area contributed by atoms with Crippen molar-refractivity contribution in [2.45, 2.75) is 0 Å². The number of anilines is 2. The van der Waals surface area contributed by atoms with E-state index in [0.717, 1.165) is 0 Å². The van der Waals surface area contributed by atoms with Crippen molar-refractivity contribution < 1.29 is 14.3 Å². The summed E-state index contributed by atoms with van der Waals surface area (Å²) in [6.45, 7) is 0. The Labute approximate surface area is 150 Å². The summed E-state index contributed by atoms with van der Waals surface area (Å²) in [7, 11) is 3.05. The molecule has 7 heteroatoms. The number of pyridine rings is 1. The van der Waals surface area contributed by atoms with E-state index in [0.29, 0.717) is 39.3 Å². The predicted molar refractivity (Wildman–Crippen MR) is 97.8 cm³/mol. The fourth-order valence-electron chi connectivity index (χ4n) is 2.66. The number of nitrogens with zero attached hydrogens (tertiary/aromatic N) is 2. The van der Waals surface area contributed by atoms with Crippen molar-refractivity contribution >= 4 is 28.2 Å². The molecule has 0 fully saturated rings. The molecule has 130 valence electrons. The third kappa shape index (κ3) is 2.96. The SMILES string of the molecule is COc1cc2ncc(C(N)=O)c(Nc3ccccc3C#N)c2cc1OC. The van der Waals surface area contributed by atoms with E-state index < -0.39 is 5.91 Å². The van der Waals surface area contributed by atoms with Crippen molar-refractivity contribution in [2.75, 3.05) is 19.5 Å². The van der Waals surface area contributed by atoms with Crippen molar-refractivity contribution in [1.29, 1.82) is 5.26 Å². The number of carbonyl (C=O) groups is 1. The first-order valence-corrected chi connectivity index (χ1v) is 7.69. The van der Waals surface area contributed by atoms with Gasteiger partial charge in [0.1, 0.15) is 6.07 Å². The van der Waals surface area contributed by atoms with Gasteiger partial charge >= 0.3 is 0 Å². The number of nitrogens with one attached hydrogen (secondary N) is 1. The Morgan fingerprint density at radius 2 is 1.88 bits per heavy atom. The van der Waals surface area contributed by atoms with Gasteiger partial charge in [0.15, 0.2) is 11.5 Å². The van der Waals surface area contributed by atoms with E-state index in [1.165, 1.54) is 20.4 Å². The number of aromatic nitrogens is 1. The molecule has 1 heterocycles. The van der Waals surface area contributed by atoms with Gasteiger partial charge in [-0.2, -0.15) is 5.26 Å². The molecule has 0 saturated carbocycles. The number of nitriles is 1. The third-order valence-electron chi connectivity index (χ3n) is 3.95. The van der Waals surface area contributed by atoms with E-state index in [1.54, 1.807) is 36.4 Å². The van der Waals surface area contributed by atoms with E-state index in [-0.39, 0.29) is 5.56 Å². The van der Waals surface area contributed by atoms with Crippen LogP contribution in [0.1, 0.15) is 15.9 Å². The van der Waals surface area contributed by atoms with E-state index in [2.05, 4.69) is 16.4 Å². The standard InChI is InChI=1S/C19H16N4O3/c1-25-16-7-12-15(8-17(16)26-2)22-10-13(19(21)24)18(12)23-14-6-4-3-5-11(14)9-20/h3-8,10H,1-2H3,(H2,21,24)(H,22,23). The van der Waals surface area contributed by atoms with Crippen LogP contribution in [0.25, 0.3) is 10.9 Å². The van der Waals surface area contributed by atoms with Crippen molar-refractivity contribution in [3.05, 3.63) is 53.7 Å². The zero-order valence-corrected chi connectivity index (χ0v) is 14.2. The molecule has 1 amide bonds. The number of ether oxygens (including phenoxy) is 2. The molecule has 0 atom stereocenters. The Kier molecular flexibility index (Phi) is 4.58. The van der Waals surface area contributed by atoms with Crippen molar-refractivity contribution in [2.24, 2.45) is 5.73 Å². The smallest absolute Gasteiger partial charge is 0.252 e. The van der Waals surface area contributed by atoms with Crippen molar-refractivity contribution in [1.82, 2.24) is 4.98 Å². The Balaban J connectivity index is 2.28. The van der Waals surface area contributed by atoms with Crippen LogP contribution in [0, 0.1) is 11.3 Å². The van der Waals surface area contributed by atoms with E-state index in [4.69, 9.17) is 15.2 Å². The van der Waals surface area contributed by atoms with Crippen molar-refractivity contribution in [3.8, 4) is 17.6 Å². The lowest BCUT2D eigenvalue weighted by Crippen LogP contribution is -2.14. The van der Waals surface area contributed by atoms with E-state index in [9.17, 15) is 10.1 Å². The fourth-order valence-corrected chi connectivity index (χ4v) is 2.66. The number of carbonyl (C=O) groups excluding carboxylic acids is 1. The molecule has 7 nitrogen and oxygen atoms in total. The predicted octanol–water partition coefficient (Wildman–Crippen LogP) is 2.97. The summed E-state index contributed by atoms with van der Waals surface area (Å²) in [5, 5.41) is 13.1. The maximum absolute atomic E-state index is 11.9. The molecule has 0 aliphatic heterocycles. The molecular formula is C19H16N4O3. The van der Waals surface area contributed by atoms with Crippen LogP contribution in [0.2, 0.25) is 0 Å². The maximum Gasteiger partial charge on any atom is 0.252 e. The van der Waals surface area contributed by atoms with Crippen molar-refractivity contribution in [3.63, 3.8) is 0 Å². The minimum atomic E-state index is -0.633. The topological polar surface area (TPSA) is 110 Å². The number of nitrogens with two attached hydrogens (primary N) is 1. The molecule has 0 aliphatic carbocycles. The molecule has 3 N–H and O–H groups in total. The average Bonchev–Trinajstić information content (AvgIpc) is 2.67. The maximum atomic E-state index is 11.9. The molecule has 0 bridgehead atoms.